The summed E-state index contributed by atoms with van der Waals surface area (Å²) < 4.78 is 16.9. The van der Waals surface area contributed by atoms with Crippen LogP contribution in [0.5, 0.6) is 0 Å². The molecule has 124 valence electrons. The van der Waals surface area contributed by atoms with Crippen LogP contribution in [-0.2, 0) is 11.3 Å². The minimum absolute atomic E-state index is 0.0222. The second-order valence-corrected chi connectivity index (χ2v) is 5.24. The summed E-state index contributed by atoms with van der Waals surface area (Å²) in [5.41, 5.74) is 1.30. The number of hydrogen-bond donors (Lipinski definition) is 2. The first-order valence-corrected chi connectivity index (χ1v) is 7.16. The fourth-order valence-electron chi connectivity index (χ4n) is 2.19. The first-order valence-electron chi connectivity index (χ1n) is 7.16. The topological polar surface area (TPSA) is 93.3 Å². The number of likely N-dealkylation sites (N-methyl/N-ethyl adjacent to an activating group) is 1. The van der Waals surface area contributed by atoms with Crippen molar-refractivity contribution in [2.45, 2.75) is 13.5 Å². The maximum Gasteiger partial charge on any atom is 0.279 e. The lowest BCUT2D eigenvalue weighted by atomic mass is 10.3. The largest absolute Gasteiger partial charge is 0.358 e. The fourth-order valence-corrected chi connectivity index (χ4v) is 2.19. The summed E-state index contributed by atoms with van der Waals surface area (Å²) in [4.78, 5) is 27.5. The van der Waals surface area contributed by atoms with Crippen molar-refractivity contribution in [2.24, 2.45) is 0 Å². The van der Waals surface area contributed by atoms with Crippen LogP contribution in [0.2, 0.25) is 0 Å². The van der Waals surface area contributed by atoms with Gasteiger partial charge in [0.15, 0.2) is 5.69 Å². The van der Waals surface area contributed by atoms with Crippen LogP contribution in [0.3, 0.4) is 0 Å². The summed E-state index contributed by atoms with van der Waals surface area (Å²) in [5.74, 6) is -1.65. The van der Waals surface area contributed by atoms with Gasteiger partial charge < -0.3 is 10.6 Å². The highest BCUT2D eigenvalue weighted by Crippen LogP contribution is 2.15. The predicted molar refractivity (Wildman–Crippen MR) is 84.1 cm³/mol. The Morgan fingerprint density at radius 3 is 2.92 bits per heavy atom. The molecule has 0 bridgehead atoms. The molecule has 0 aromatic carbocycles. The Hall–Kier alpha value is -3.23. The van der Waals surface area contributed by atoms with Crippen LogP contribution in [-0.4, -0.2) is 38.0 Å². The third kappa shape index (κ3) is 2.96. The molecule has 2 N–H and O–H groups in total. The second-order valence-electron chi connectivity index (χ2n) is 5.24. The number of pyridine rings is 1. The Bertz CT molecular complexity index is 929. The molecule has 0 spiro atoms. The molecule has 8 nitrogen and oxygen atoms in total. The Balaban J connectivity index is 1.80. The third-order valence-electron chi connectivity index (χ3n) is 3.41. The van der Waals surface area contributed by atoms with Gasteiger partial charge in [0, 0.05) is 19.4 Å². The summed E-state index contributed by atoms with van der Waals surface area (Å²) in [5, 5.41) is 8.93. The van der Waals surface area contributed by atoms with E-state index < -0.39 is 11.9 Å². The maximum atomic E-state index is 14.3. The van der Waals surface area contributed by atoms with E-state index in [4.69, 9.17) is 0 Å². The van der Waals surface area contributed by atoms with Crippen molar-refractivity contribution in [3.8, 4) is 0 Å². The lowest BCUT2D eigenvalue weighted by Crippen LogP contribution is -2.23. The van der Waals surface area contributed by atoms with E-state index >= 15 is 0 Å². The number of amides is 2. The summed E-state index contributed by atoms with van der Waals surface area (Å²) in [7, 11) is 1.52. The van der Waals surface area contributed by atoms with Gasteiger partial charge in [-0.25, -0.2) is 4.98 Å². The zero-order valence-corrected chi connectivity index (χ0v) is 13.1. The number of carbonyl (C=O) groups excluding carboxylic acids is 2. The molecule has 0 aliphatic heterocycles. The summed E-state index contributed by atoms with van der Waals surface area (Å²) in [6, 6.07) is 3.41. The Morgan fingerprint density at radius 1 is 1.38 bits per heavy atom. The average Bonchev–Trinajstić information content (AvgIpc) is 3.11. The van der Waals surface area contributed by atoms with Gasteiger partial charge in [0.25, 0.3) is 5.91 Å². The second kappa shape index (κ2) is 6.11. The minimum Gasteiger partial charge on any atom is -0.358 e. The first kappa shape index (κ1) is 15.7. The van der Waals surface area contributed by atoms with Crippen LogP contribution in [0.1, 0.15) is 16.1 Å². The molecule has 0 fully saturated rings. The number of aromatic nitrogens is 4. The monoisotopic (exact) mass is 330 g/mol. The van der Waals surface area contributed by atoms with Crippen LogP contribution in [0.4, 0.5) is 10.1 Å². The molecule has 0 saturated heterocycles. The number of nitrogens with zero attached hydrogens (tertiary/aromatic N) is 4. The van der Waals surface area contributed by atoms with E-state index in [0.717, 1.165) is 5.56 Å². The van der Waals surface area contributed by atoms with E-state index in [1.54, 1.807) is 12.1 Å². The molecular weight excluding hydrogens is 315 g/mol. The van der Waals surface area contributed by atoms with Crippen LogP contribution in [0.25, 0.3) is 5.65 Å². The number of hydrogen-bond acceptors (Lipinski definition) is 4. The Kier molecular flexibility index (Phi) is 3.98. The van der Waals surface area contributed by atoms with Crippen molar-refractivity contribution >= 4 is 23.1 Å². The van der Waals surface area contributed by atoms with Crippen molar-refractivity contribution in [3.63, 3.8) is 0 Å². The molecule has 0 radical (unpaired) electrons. The van der Waals surface area contributed by atoms with Crippen molar-refractivity contribution in [3.05, 3.63) is 47.9 Å². The molecule has 3 rings (SSSR count). The number of rotatable bonds is 4. The molecule has 9 heteroatoms. The minimum atomic E-state index is -0.736. The van der Waals surface area contributed by atoms with E-state index in [-0.39, 0.29) is 18.1 Å². The normalized spacial score (nSPS) is 10.8. The number of anilines is 1. The molecule has 0 aliphatic rings. The number of aryl methyl sites for hydroxylation is 1. The fraction of sp³-hybridized carbons (Fsp3) is 0.200. The Labute approximate surface area is 136 Å². The number of imidazole rings is 1. The van der Waals surface area contributed by atoms with Gasteiger partial charge in [-0.1, -0.05) is 0 Å². The van der Waals surface area contributed by atoms with Gasteiger partial charge >= 0.3 is 0 Å². The van der Waals surface area contributed by atoms with Crippen molar-refractivity contribution in [2.75, 3.05) is 12.4 Å². The molecule has 3 heterocycles. The first-order chi connectivity index (χ1) is 11.5. The SMILES string of the molecule is CNC(=O)Cn1cc(NC(=O)c2nc3cc(C)ccn3c2F)cn1. The van der Waals surface area contributed by atoms with E-state index in [2.05, 4.69) is 20.7 Å². The van der Waals surface area contributed by atoms with Crippen LogP contribution in [0, 0.1) is 12.9 Å². The van der Waals surface area contributed by atoms with E-state index in [1.165, 1.54) is 34.7 Å². The molecule has 24 heavy (non-hydrogen) atoms. The van der Waals surface area contributed by atoms with Crippen LogP contribution >= 0.6 is 0 Å². The van der Waals surface area contributed by atoms with Gasteiger partial charge in [-0.3, -0.25) is 18.7 Å². The average molecular weight is 330 g/mol. The molecule has 0 atom stereocenters. The molecule has 3 aromatic heterocycles. The highest BCUT2D eigenvalue weighted by molar-refractivity contribution is 6.03. The summed E-state index contributed by atoms with van der Waals surface area (Å²) >= 11 is 0. The molecule has 0 aliphatic carbocycles. The van der Waals surface area contributed by atoms with Gasteiger partial charge in [0.05, 0.1) is 11.9 Å². The van der Waals surface area contributed by atoms with Gasteiger partial charge in [-0.05, 0) is 24.6 Å². The lowest BCUT2D eigenvalue weighted by molar-refractivity contribution is -0.121. The van der Waals surface area contributed by atoms with Gasteiger partial charge in [0.1, 0.15) is 12.2 Å². The highest BCUT2D eigenvalue weighted by atomic mass is 19.1. The van der Waals surface area contributed by atoms with E-state index in [1.807, 2.05) is 6.92 Å². The third-order valence-corrected chi connectivity index (χ3v) is 3.41. The highest BCUT2D eigenvalue weighted by Gasteiger charge is 2.19. The molecule has 0 unspecified atom stereocenters. The number of halogens is 1. The number of carbonyl (C=O) groups is 2. The number of nitrogens with one attached hydrogen (secondary N) is 2. The number of fused-ring (bicyclic) bond motifs is 1. The van der Waals surface area contributed by atoms with Crippen molar-refractivity contribution in [1.82, 2.24) is 24.5 Å². The summed E-state index contributed by atoms with van der Waals surface area (Å²) in [6.45, 7) is 1.88. The Morgan fingerprint density at radius 2 is 2.17 bits per heavy atom. The molecule has 3 aromatic rings. The quantitative estimate of drug-likeness (QED) is 0.746. The van der Waals surface area contributed by atoms with Gasteiger partial charge in [-0.2, -0.15) is 9.49 Å². The van der Waals surface area contributed by atoms with Crippen molar-refractivity contribution < 1.29 is 14.0 Å². The van der Waals surface area contributed by atoms with Gasteiger partial charge in [-0.15, -0.1) is 0 Å². The predicted octanol–water partition coefficient (Wildman–Crippen LogP) is 0.977. The lowest BCUT2D eigenvalue weighted by Gasteiger charge is -2.00. The zero-order valence-electron chi connectivity index (χ0n) is 13.1. The molecule has 2 amide bonds. The molecule has 0 saturated carbocycles. The van der Waals surface area contributed by atoms with Crippen LogP contribution < -0.4 is 10.6 Å². The van der Waals surface area contributed by atoms with Gasteiger partial charge in [0.2, 0.25) is 11.9 Å². The molecular formula is C15H15FN6O2. The smallest absolute Gasteiger partial charge is 0.279 e. The van der Waals surface area contributed by atoms with Crippen molar-refractivity contribution in [1.29, 1.82) is 0 Å². The van der Waals surface area contributed by atoms with E-state index in [9.17, 15) is 14.0 Å². The maximum absolute atomic E-state index is 14.3. The van der Waals surface area contributed by atoms with E-state index in [0.29, 0.717) is 11.3 Å². The van der Waals surface area contributed by atoms with Crippen LogP contribution in [0.15, 0.2) is 30.7 Å². The standard InChI is InChI=1S/C15H15FN6O2/c1-9-3-4-22-11(5-9)20-13(14(22)16)15(24)19-10-6-18-21(7-10)8-12(23)17-2/h3-7H,8H2,1-2H3,(H,17,23)(H,19,24). The zero-order chi connectivity index (χ0) is 17.3. The summed E-state index contributed by atoms with van der Waals surface area (Å²) in [6.07, 6.45) is 4.37.